The van der Waals surface area contributed by atoms with Crippen molar-refractivity contribution < 1.29 is 4.39 Å². The molecule has 0 saturated heterocycles. The lowest BCUT2D eigenvalue weighted by Crippen LogP contribution is -2.24. The number of hydrogen-bond donors (Lipinski definition) is 0. The van der Waals surface area contributed by atoms with Crippen LogP contribution < -0.4 is 5.46 Å². The first kappa shape index (κ1) is 18.0. The molecule has 0 aromatic heterocycles. The molecule has 1 aliphatic heterocycles. The van der Waals surface area contributed by atoms with Crippen LogP contribution in [-0.4, -0.2) is 18.0 Å². The summed E-state index contributed by atoms with van der Waals surface area (Å²) in [5.41, 5.74) is 6.71. The molecule has 0 saturated carbocycles. The maximum atomic E-state index is 14.4. The number of nitrogens with zero attached hydrogens (tertiary/aromatic N) is 2. The van der Waals surface area contributed by atoms with Gasteiger partial charge in [-0.25, -0.2) is 9.40 Å². The van der Waals surface area contributed by atoms with E-state index >= 15 is 0 Å². The van der Waals surface area contributed by atoms with Crippen molar-refractivity contribution in [1.82, 2.24) is 5.01 Å². The lowest BCUT2D eigenvalue weighted by molar-refractivity contribution is 0.500. The van der Waals surface area contributed by atoms with Crippen LogP contribution in [0, 0.1) is 12.7 Å². The van der Waals surface area contributed by atoms with Crippen LogP contribution in [0.5, 0.6) is 0 Å². The van der Waals surface area contributed by atoms with Gasteiger partial charge in [0.15, 0.2) is 7.28 Å². The molecular weight excluding hydrogens is 298 g/mol. The van der Waals surface area contributed by atoms with E-state index < -0.39 is 0 Å². The first-order valence-corrected chi connectivity index (χ1v) is 7.90. The van der Waals surface area contributed by atoms with E-state index in [2.05, 4.69) is 18.3 Å². The van der Waals surface area contributed by atoms with E-state index in [0.29, 0.717) is 11.3 Å². The minimum absolute atomic E-state index is 0.244. The Balaban J connectivity index is 2.54. The smallest absolute Gasteiger partial charge is 0.185 e. The van der Waals surface area contributed by atoms with Gasteiger partial charge in [-0.1, -0.05) is 30.6 Å². The topological polar surface area (TPSA) is 15.6 Å². The Morgan fingerprint density at radius 1 is 1.25 bits per heavy atom. The van der Waals surface area contributed by atoms with Crippen LogP contribution in [0.1, 0.15) is 38.8 Å². The van der Waals surface area contributed by atoms with E-state index in [0.717, 1.165) is 33.3 Å². The zero-order valence-corrected chi connectivity index (χ0v) is 15.1. The van der Waals surface area contributed by atoms with Crippen molar-refractivity contribution in [1.29, 1.82) is 0 Å². The summed E-state index contributed by atoms with van der Waals surface area (Å²) in [6.45, 7) is 17.6. The van der Waals surface area contributed by atoms with Gasteiger partial charge in [-0.2, -0.15) is 5.10 Å². The highest BCUT2D eigenvalue weighted by atomic mass is 19.1. The monoisotopic (exact) mass is 321 g/mol. The Labute approximate surface area is 145 Å². The summed E-state index contributed by atoms with van der Waals surface area (Å²) in [4.78, 5) is 0. The highest BCUT2D eigenvalue weighted by Gasteiger charge is 2.17. The summed E-state index contributed by atoms with van der Waals surface area (Å²) in [5.74, 6) is -0.244. The standard InChI is InChI=1S/C20H23BFN2/c1-12(2)11-24-16(7)14(5)8-20(23-24)17-9-18(21-13(3)4)15(6)19(22)10-17/h8-11H,3,7H2,1-2,4-6H3. The number of benzene rings is 1. The van der Waals surface area contributed by atoms with Gasteiger partial charge in [-0.3, -0.25) is 0 Å². The third kappa shape index (κ3) is 3.94. The largest absolute Gasteiger partial charge is 0.241 e. The molecule has 4 heteroatoms. The van der Waals surface area contributed by atoms with E-state index in [1.807, 2.05) is 53.3 Å². The van der Waals surface area contributed by atoms with Crippen molar-refractivity contribution in [2.24, 2.45) is 5.10 Å². The molecule has 0 N–H and O–H groups in total. The van der Waals surface area contributed by atoms with Crippen molar-refractivity contribution >= 4 is 18.5 Å². The molecule has 0 amide bonds. The summed E-state index contributed by atoms with van der Waals surface area (Å²) >= 11 is 0. The van der Waals surface area contributed by atoms with E-state index in [-0.39, 0.29) is 5.82 Å². The molecular formula is C20H23BFN2. The fourth-order valence-electron chi connectivity index (χ4n) is 2.43. The molecule has 1 aromatic carbocycles. The first-order chi connectivity index (χ1) is 11.2. The molecule has 1 aliphatic rings. The molecule has 24 heavy (non-hydrogen) atoms. The maximum absolute atomic E-state index is 14.4. The Bertz CT molecular complexity index is 796. The lowest BCUT2D eigenvalue weighted by Gasteiger charge is -2.24. The van der Waals surface area contributed by atoms with Crippen molar-refractivity contribution in [2.75, 3.05) is 0 Å². The first-order valence-electron chi connectivity index (χ1n) is 7.90. The average molecular weight is 321 g/mol. The van der Waals surface area contributed by atoms with Crippen LogP contribution >= 0.6 is 0 Å². The normalized spacial score (nSPS) is 14.1. The lowest BCUT2D eigenvalue weighted by atomic mass is 9.62. The summed E-state index contributed by atoms with van der Waals surface area (Å²) < 4.78 is 14.4. The molecule has 1 radical (unpaired) electrons. The van der Waals surface area contributed by atoms with E-state index in [4.69, 9.17) is 0 Å². The van der Waals surface area contributed by atoms with Crippen LogP contribution in [0.2, 0.25) is 0 Å². The molecule has 1 heterocycles. The second kappa shape index (κ2) is 7.04. The second-order valence-corrected chi connectivity index (χ2v) is 6.47. The minimum atomic E-state index is -0.244. The van der Waals surface area contributed by atoms with Gasteiger partial charge >= 0.3 is 0 Å². The highest BCUT2D eigenvalue weighted by molar-refractivity contribution is 6.61. The molecule has 2 rings (SSSR count). The molecule has 123 valence electrons. The van der Waals surface area contributed by atoms with Crippen LogP contribution in [0.25, 0.3) is 0 Å². The second-order valence-electron chi connectivity index (χ2n) is 6.47. The fraction of sp³-hybridized carbons (Fsp3) is 0.250. The Hall–Kier alpha value is -2.36. The quantitative estimate of drug-likeness (QED) is 0.751. The predicted molar refractivity (Wildman–Crippen MR) is 102 cm³/mol. The molecule has 0 fully saturated rings. The summed E-state index contributed by atoms with van der Waals surface area (Å²) in [5, 5.41) is 6.36. The van der Waals surface area contributed by atoms with Crippen molar-refractivity contribution in [2.45, 2.75) is 34.6 Å². The van der Waals surface area contributed by atoms with Gasteiger partial charge in [-0.05, 0) is 51.0 Å². The number of allylic oxidation sites excluding steroid dienone is 4. The molecule has 1 aromatic rings. The summed E-state index contributed by atoms with van der Waals surface area (Å²) in [6.07, 6.45) is 3.86. The predicted octanol–water partition coefficient (Wildman–Crippen LogP) is 4.40. The van der Waals surface area contributed by atoms with Gasteiger partial charge in [0.05, 0.1) is 11.4 Å². The van der Waals surface area contributed by atoms with Gasteiger partial charge in [-0.15, -0.1) is 12.1 Å². The van der Waals surface area contributed by atoms with Crippen molar-refractivity contribution in [3.05, 3.63) is 76.8 Å². The number of hydrogen-bond acceptors (Lipinski definition) is 2. The van der Waals surface area contributed by atoms with Gasteiger partial charge in [0.1, 0.15) is 5.82 Å². The highest BCUT2D eigenvalue weighted by Crippen LogP contribution is 2.23. The molecule has 2 nitrogen and oxygen atoms in total. The number of halogens is 1. The van der Waals surface area contributed by atoms with Gasteiger partial charge in [0.25, 0.3) is 0 Å². The molecule has 0 unspecified atom stereocenters. The van der Waals surface area contributed by atoms with Crippen LogP contribution in [0.15, 0.2) is 65.0 Å². The maximum Gasteiger partial charge on any atom is 0.185 e. The zero-order chi connectivity index (χ0) is 18.0. The Kier molecular flexibility index (Phi) is 5.28. The van der Waals surface area contributed by atoms with Crippen LogP contribution in [0.4, 0.5) is 4.39 Å². The van der Waals surface area contributed by atoms with Gasteiger partial charge in [0, 0.05) is 11.8 Å². The van der Waals surface area contributed by atoms with Crippen molar-refractivity contribution in [3.8, 4) is 0 Å². The molecule has 0 aliphatic carbocycles. The molecule has 0 spiro atoms. The summed E-state index contributed by atoms with van der Waals surface area (Å²) in [7, 11) is 1.88. The third-order valence-corrected chi connectivity index (χ3v) is 3.76. The Morgan fingerprint density at radius 3 is 2.50 bits per heavy atom. The van der Waals surface area contributed by atoms with E-state index in [9.17, 15) is 4.39 Å². The van der Waals surface area contributed by atoms with Gasteiger partial charge < -0.3 is 0 Å². The number of rotatable bonds is 4. The third-order valence-electron chi connectivity index (χ3n) is 3.76. The average Bonchev–Trinajstić information content (AvgIpc) is 2.47. The SMILES string of the molecule is C=C(C)[B]c1cc(C2=NN(C=C(C)C)C(=C)C(C)=C2)cc(F)c1C. The number of hydrazone groups is 1. The van der Waals surface area contributed by atoms with Crippen LogP contribution in [-0.2, 0) is 0 Å². The molecule has 0 atom stereocenters. The molecule has 0 bridgehead atoms. The van der Waals surface area contributed by atoms with Crippen molar-refractivity contribution in [3.63, 3.8) is 0 Å². The minimum Gasteiger partial charge on any atom is -0.241 e. The zero-order valence-electron chi connectivity index (χ0n) is 15.1. The van der Waals surface area contributed by atoms with E-state index in [1.165, 1.54) is 6.07 Å². The Morgan fingerprint density at radius 2 is 1.92 bits per heavy atom. The fourth-order valence-corrected chi connectivity index (χ4v) is 2.43. The van der Waals surface area contributed by atoms with Gasteiger partial charge in [0.2, 0.25) is 0 Å². The summed E-state index contributed by atoms with van der Waals surface area (Å²) in [6, 6.07) is 3.48. The van der Waals surface area contributed by atoms with Crippen LogP contribution in [0.3, 0.4) is 0 Å². The van der Waals surface area contributed by atoms with E-state index in [1.54, 1.807) is 11.9 Å².